The number of aryl methyl sites for hydroxylation is 4. The van der Waals surface area contributed by atoms with Gasteiger partial charge in [0.15, 0.2) is 11.6 Å². The molecule has 0 bridgehead atoms. The summed E-state index contributed by atoms with van der Waals surface area (Å²) in [6.45, 7) is 0. The zero-order valence-electron chi connectivity index (χ0n) is 32.8. The van der Waals surface area contributed by atoms with E-state index in [1.54, 1.807) is 0 Å². The molecule has 11 rings (SSSR count). The summed E-state index contributed by atoms with van der Waals surface area (Å²) in [6.07, 6.45) is 10.9. The fourth-order valence-electron chi connectivity index (χ4n) is 9.08. The van der Waals surface area contributed by atoms with E-state index in [1.807, 2.05) is 78.9 Å². The van der Waals surface area contributed by atoms with E-state index in [-0.39, 0.29) is 5.78 Å². The Morgan fingerprint density at radius 1 is 0.458 bits per heavy atom. The quantitative estimate of drug-likeness (QED) is 0.162. The maximum atomic E-state index is 12.4. The average Bonchev–Trinajstić information content (AvgIpc) is 3.27. The van der Waals surface area contributed by atoms with Crippen LogP contribution in [0.2, 0.25) is 0 Å². The molecule has 4 aliphatic carbocycles. The summed E-state index contributed by atoms with van der Waals surface area (Å²) in [7, 11) is 0. The van der Waals surface area contributed by atoms with E-state index < -0.39 is 0 Å². The van der Waals surface area contributed by atoms with Gasteiger partial charge in [0, 0.05) is 43.2 Å². The third kappa shape index (κ3) is 8.24. The number of carbonyl (C=O) groups excluding carboxylic acids is 2. The number of aromatic nitrogens is 1. The lowest BCUT2D eigenvalue weighted by Crippen LogP contribution is -2.14. The normalized spacial score (nSPS) is 15.1. The zero-order valence-corrected chi connectivity index (χ0v) is 36.0. The Labute approximate surface area is 363 Å². The molecule has 6 aromatic carbocycles. The Hall–Kier alpha value is -5.49. The minimum atomic E-state index is 0.168. The van der Waals surface area contributed by atoms with Crippen LogP contribution in [-0.2, 0) is 38.5 Å². The Morgan fingerprint density at radius 2 is 0.966 bits per heavy atom. The predicted octanol–water partition coefficient (Wildman–Crippen LogP) is 13.9. The van der Waals surface area contributed by atoms with Gasteiger partial charge in [0.2, 0.25) is 0 Å². The van der Waals surface area contributed by atoms with Crippen molar-refractivity contribution in [2.24, 2.45) is 0 Å². The van der Waals surface area contributed by atoms with Crippen LogP contribution >= 0.6 is 31.9 Å². The molecule has 0 fully saturated rings. The molecule has 4 aliphatic rings. The number of benzene rings is 6. The number of hydrogen-bond donors (Lipinski definition) is 0. The summed E-state index contributed by atoms with van der Waals surface area (Å²) in [6, 6.07) is 50.1. The van der Waals surface area contributed by atoms with Crippen LogP contribution in [0, 0.1) is 0 Å². The van der Waals surface area contributed by atoms with Crippen molar-refractivity contribution in [1.82, 2.24) is 4.98 Å². The molecule has 59 heavy (non-hydrogen) atoms. The van der Waals surface area contributed by atoms with E-state index >= 15 is 0 Å². The van der Waals surface area contributed by atoms with Crippen molar-refractivity contribution in [2.45, 2.75) is 57.8 Å². The minimum Gasteiger partial charge on any atom is -0.294 e. The van der Waals surface area contributed by atoms with Gasteiger partial charge in [-0.2, -0.15) is 0 Å². The van der Waals surface area contributed by atoms with Gasteiger partial charge in [-0.3, -0.25) is 9.59 Å². The second-order valence-corrected chi connectivity index (χ2v) is 17.4. The highest BCUT2D eigenvalue weighted by Crippen LogP contribution is 2.46. The topological polar surface area (TPSA) is 47.0 Å². The summed E-state index contributed by atoms with van der Waals surface area (Å²) in [4.78, 5) is 29.0. The molecule has 3 nitrogen and oxygen atoms in total. The molecule has 0 amide bonds. The molecule has 0 saturated heterocycles. The Bertz CT molecular complexity index is 2710. The van der Waals surface area contributed by atoms with Crippen molar-refractivity contribution >= 4 is 49.5 Å². The van der Waals surface area contributed by atoms with Gasteiger partial charge in [0.25, 0.3) is 0 Å². The lowest BCUT2D eigenvalue weighted by molar-refractivity contribution is 0.0971. The highest BCUT2D eigenvalue weighted by Gasteiger charge is 2.29. The third-order valence-corrected chi connectivity index (χ3v) is 12.9. The molecular formula is C54H43Br2NO2. The summed E-state index contributed by atoms with van der Waals surface area (Å²) in [5.41, 5.74) is 19.5. The van der Waals surface area contributed by atoms with Gasteiger partial charge in [-0.15, -0.1) is 0 Å². The van der Waals surface area contributed by atoms with Crippen LogP contribution in [-0.4, -0.2) is 16.6 Å². The number of rotatable bonds is 2. The van der Waals surface area contributed by atoms with E-state index in [1.165, 1.54) is 67.0 Å². The predicted molar refractivity (Wildman–Crippen MR) is 248 cm³/mol. The molecule has 7 aromatic rings. The maximum Gasteiger partial charge on any atom is 0.189 e. The smallest absolute Gasteiger partial charge is 0.189 e. The number of hydrogen-bond acceptors (Lipinski definition) is 3. The monoisotopic (exact) mass is 895 g/mol. The van der Waals surface area contributed by atoms with Crippen molar-refractivity contribution in [2.75, 3.05) is 0 Å². The number of halogens is 2. The zero-order chi connectivity index (χ0) is 40.3. The van der Waals surface area contributed by atoms with Crippen molar-refractivity contribution in [3.8, 4) is 33.6 Å². The molecule has 0 aliphatic heterocycles. The van der Waals surface area contributed by atoms with Gasteiger partial charge in [-0.1, -0.05) is 153 Å². The van der Waals surface area contributed by atoms with Crippen molar-refractivity contribution < 1.29 is 9.59 Å². The summed E-state index contributed by atoms with van der Waals surface area (Å²) >= 11 is 7.14. The van der Waals surface area contributed by atoms with E-state index in [2.05, 4.69) is 105 Å². The lowest BCUT2D eigenvalue weighted by Gasteiger charge is -2.29. The first-order valence-corrected chi connectivity index (χ1v) is 22.2. The Morgan fingerprint density at radius 3 is 1.56 bits per heavy atom. The van der Waals surface area contributed by atoms with Crippen LogP contribution in [0.3, 0.4) is 0 Å². The molecule has 5 heteroatoms. The highest BCUT2D eigenvalue weighted by atomic mass is 79.9. The molecule has 290 valence electrons. The molecule has 0 saturated carbocycles. The summed E-state index contributed by atoms with van der Waals surface area (Å²) < 4.78 is 2.16. The number of ketones is 2. The first-order valence-electron chi connectivity index (χ1n) is 20.6. The van der Waals surface area contributed by atoms with Gasteiger partial charge in [-0.05, 0) is 132 Å². The first kappa shape index (κ1) is 39.0. The van der Waals surface area contributed by atoms with Crippen LogP contribution in [0.1, 0.15) is 78.9 Å². The second kappa shape index (κ2) is 17.4. The van der Waals surface area contributed by atoms with E-state index in [0.717, 1.165) is 89.0 Å². The fraction of sp³-hybridized carbons (Fsp3) is 0.167. The standard InChI is InChI=1S/C27H20BrN.C17H13BrO.C10H10O/c28-20-9-5-8-19(16-20)25-23-14-12-17-6-1-3-10-21(17)26(23)29-27-22-11-4-2-7-18(22)13-15-24(25)27;18-15-6-3-4-12(11-15)10-14-9-8-13-5-1-2-7-16(13)17(14)19;11-10-7-3-5-8-4-1-2-6-9(8)10/h1-11,16H,12-15H2;1-7,10-11H,8-9H2;1-2,4,6H,3,5,7H2/b;14-10+;. The molecule has 0 atom stereocenters. The largest absolute Gasteiger partial charge is 0.294 e. The second-order valence-electron chi connectivity index (χ2n) is 15.6. The number of allylic oxidation sites excluding steroid dienone is 1. The maximum absolute atomic E-state index is 12.4. The van der Waals surface area contributed by atoms with Crippen LogP contribution in [0.15, 0.2) is 160 Å². The first-order chi connectivity index (χ1) is 28.9. The summed E-state index contributed by atoms with van der Waals surface area (Å²) in [5, 5.41) is 0. The molecule has 0 N–H and O–H groups in total. The molecule has 1 heterocycles. The number of Topliss-reactive ketones (excluding diaryl/α,β-unsaturated/α-hetero) is 2. The van der Waals surface area contributed by atoms with Gasteiger partial charge < -0.3 is 0 Å². The van der Waals surface area contributed by atoms with Crippen LogP contribution < -0.4 is 0 Å². The van der Waals surface area contributed by atoms with Crippen LogP contribution in [0.25, 0.3) is 39.7 Å². The average molecular weight is 898 g/mol. The number of fused-ring (bicyclic) bond motifs is 8. The SMILES string of the molecule is Brc1cccc(-c2c3c(nc4c2CCc2ccccc2-4)-c2ccccc2CC3)c1.O=C1/C(=C/c2cccc(Br)c2)CCc2ccccc21.O=C1CCCc2ccccc21. The van der Waals surface area contributed by atoms with E-state index in [0.29, 0.717) is 5.78 Å². The number of carbonyl (C=O) groups is 2. The Balaban J connectivity index is 0.000000128. The molecular weight excluding hydrogens is 854 g/mol. The molecule has 0 unspecified atom stereocenters. The third-order valence-electron chi connectivity index (χ3n) is 11.9. The van der Waals surface area contributed by atoms with Crippen molar-refractivity contribution in [3.63, 3.8) is 0 Å². The molecule has 0 radical (unpaired) electrons. The van der Waals surface area contributed by atoms with E-state index in [9.17, 15) is 9.59 Å². The van der Waals surface area contributed by atoms with Gasteiger partial charge in [-0.25, -0.2) is 4.98 Å². The summed E-state index contributed by atoms with van der Waals surface area (Å²) in [5.74, 6) is 0.480. The Kier molecular flexibility index (Phi) is 11.5. The molecule has 1 aromatic heterocycles. The highest BCUT2D eigenvalue weighted by molar-refractivity contribution is 9.10. The number of nitrogens with zero attached hydrogens (tertiary/aromatic N) is 1. The van der Waals surface area contributed by atoms with Gasteiger partial charge >= 0.3 is 0 Å². The van der Waals surface area contributed by atoms with Crippen LogP contribution in [0.5, 0.6) is 0 Å². The molecule has 0 spiro atoms. The fourth-order valence-corrected chi connectivity index (χ4v) is 9.90. The van der Waals surface area contributed by atoms with E-state index in [4.69, 9.17) is 4.98 Å². The lowest BCUT2D eigenvalue weighted by atomic mass is 9.78. The van der Waals surface area contributed by atoms with Crippen LogP contribution in [0.4, 0.5) is 0 Å². The van der Waals surface area contributed by atoms with Crippen molar-refractivity contribution in [1.29, 1.82) is 0 Å². The minimum absolute atomic E-state index is 0.168. The number of pyridine rings is 1. The van der Waals surface area contributed by atoms with Gasteiger partial charge in [0.1, 0.15) is 0 Å². The van der Waals surface area contributed by atoms with Crippen molar-refractivity contribution in [3.05, 3.63) is 210 Å². The van der Waals surface area contributed by atoms with Gasteiger partial charge in [0.05, 0.1) is 11.4 Å².